The molecule has 3 aromatic rings. The second kappa shape index (κ2) is 9.05. The van der Waals surface area contributed by atoms with Crippen molar-refractivity contribution in [2.24, 2.45) is 0 Å². The molecule has 0 radical (unpaired) electrons. The molecule has 1 aromatic heterocycles. The van der Waals surface area contributed by atoms with Crippen molar-refractivity contribution in [2.45, 2.75) is 38.1 Å². The van der Waals surface area contributed by atoms with Crippen LogP contribution in [-0.2, 0) is 24.2 Å². The number of hydrogen-bond donors (Lipinski definition) is 2. The highest BCUT2D eigenvalue weighted by atomic mass is 19.1. The molecule has 2 aliphatic rings. The van der Waals surface area contributed by atoms with E-state index in [1.54, 1.807) is 0 Å². The highest BCUT2D eigenvalue weighted by molar-refractivity contribution is 5.97. The van der Waals surface area contributed by atoms with E-state index in [9.17, 15) is 28.3 Å². The van der Waals surface area contributed by atoms with Gasteiger partial charge in [0.25, 0.3) is 11.8 Å². The molecule has 5 rings (SSSR count). The summed E-state index contributed by atoms with van der Waals surface area (Å²) < 4.78 is 34.0. The Balaban J connectivity index is 1.37. The second-order valence-corrected chi connectivity index (χ2v) is 8.46. The van der Waals surface area contributed by atoms with Gasteiger partial charge in [-0.1, -0.05) is 36.4 Å². The Hall–Kier alpha value is -3.89. The molecule has 1 saturated heterocycles. The third kappa shape index (κ3) is 4.33. The predicted molar refractivity (Wildman–Crippen MR) is 119 cm³/mol. The Morgan fingerprint density at radius 2 is 1.89 bits per heavy atom. The van der Waals surface area contributed by atoms with E-state index in [-0.39, 0.29) is 29.9 Å². The molecular formula is C25H21F2N3O5. The lowest BCUT2D eigenvalue weighted by molar-refractivity contribution is -0.105. The third-order valence-corrected chi connectivity index (χ3v) is 6.21. The van der Waals surface area contributed by atoms with Crippen LogP contribution in [0.4, 0.5) is 8.78 Å². The maximum atomic E-state index is 13.8. The van der Waals surface area contributed by atoms with Crippen LogP contribution in [0.1, 0.15) is 32.0 Å². The van der Waals surface area contributed by atoms with Crippen LogP contribution >= 0.6 is 0 Å². The SMILES string of the molecule is O=C(NCc1ccc(F)cc1F)c1cn2c(cc1=O)C(=O)N1[C@@H](C2)OC(O)[C@@H]1Cc1ccccc1. The summed E-state index contributed by atoms with van der Waals surface area (Å²) in [4.78, 5) is 40.0. The van der Waals surface area contributed by atoms with Gasteiger partial charge in [0.1, 0.15) is 22.9 Å². The number of hydrogen-bond acceptors (Lipinski definition) is 5. The van der Waals surface area contributed by atoms with Gasteiger partial charge in [0.15, 0.2) is 17.9 Å². The summed E-state index contributed by atoms with van der Waals surface area (Å²) in [6.45, 7) is -0.144. The van der Waals surface area contributed by atoms with Crippen LogP contribution in [0.25, 0.3) is 0 Å². The minimum Gasteiger partial charge on any atom is -0.366 e. The zero-order valence-electron chi connectivity index (χ0n) is 18.4. The van der Waals surface area contributed by atoms with E-state index in [0.29, 0.717) is 12.5 Å². The van der Waals surface area contributed by atoms with E-state index in [4.69, 9.17) is 4.74 Å². The standard InChI is InChI=1S/C25H21F2N3O5/c26-16-7-6-15(18(27)9-16)11-28-23(32)17-12-29-13-22-30(24(33)19(29)10-21(17)31)20(25(34)35-22)8-14-4-2-1-3-5-14/h1-7,9-10,12,20,22,25,34H,8,11,13H2,(H,28,32)/t20-,22+,25?/m0/s1. The minimum atomic E-state index is -1.21. The fourth-order valence-corrected chi connectivity index (χ4v) is 4.45. The topological polar surface area (TPSA) is 101 Å². The third-order valence-electron chi connectivity index (χ3n) is 6.21. The van der Waals surface area contributed by atoms with E-state index in [0.717, 1.165) is 17.7 Å². The average Bonchev–Trinajstić information content (AvgIpc) is 3.14. The van der Waals surface area contributed by atoms with Gasteiger partial charge in [-0.05, 0) is 18.1 Å². The van der Waals surface area contributed by atoms with Gasteiger partial charge in [-0.25, -0.2) is 8.78 Å². The Kier molecular flexibility index (Phi) is 5.91. The summed E-state index contributed by atoms with van der Waals surface area (Å²) in [5.74, 6) is -2.82. The van der Waals surface area contributed by atoms with Gasteiger partial charge in [-0.15, -0.1) is 0 Å². The molecule has 0 spiro atoms. The molecule has 1 fully saturated rings. The van der Waals surface area contributed by atoms with Gasteiger partial charge in [0.2, 0.25) is 0 Å². The van der Waals surface area contributed by atoms with E-state index in [1.165, 1.54) is 21.7 Å². The number of nitrogens with zero attached hydrogens (tertiary/aromatic N) is 2. The Morgan fingerprint density at radius 1 is 1.11 bits per heavy atom. The zero-order valence-corrected chi connectivity index (χ0v) is 18.4. The Labute approximate surface area is 198 Å². The maximum Gasteiger partial charge on any atom is 0.273 e. The van der Waals surface area contributed by atoms with E-state index in [2.05, 4.69) is 5.32 Å². The quantitative estimate of drug-likeness (QED) is 0.579. The van der Waals surface area contributed by atoms with Crippen LogP contribution in [-0.4, -0.2) is 44.9 Å². The number of halogens is 2. The highest BCUT2D eigenvalue weighted by Crippen LogP contribution is 2.31. The lowest BCUT2D eigenvalue weighted by Gasteiger charge is -2.34. The molecule has 2 amide bonds. The van der Waals surface area contributed by atoms with Gasteiger partial charge in [0.05, 0.1) is 12.6 Å². The van der Waals surface area contributed by atoms with Gasteiger partial charge < -0.3 is 24.6 Å². The van der Waals surface area contributed by atoms with Crippen molar-refractivity contribution in [1.29, 1.82) is 0 Å². The molecule has 8 nitrogen and oxygen atoms in total. The summed E-state index contributed by atoms with van der Waals surface area (Å²) in [7, 11) is 0. The van der Waals surface area contributed by atoms with Crippen molar-refractivity contribution in [3.05, 3.63) is 105 Å². The first-order valence-corrected chi connectivity index (χ1v) is 11.0. The molecule has 3 atom stereocenters. The van der Waals surface area contributed by atoms with Gasteiger partial charge in [0, 0.05) is 30.4 Å². The first kappa shape index (κ1) is 22.9. The number of aromatic nitrogens is 1. The van der Waals surface area contributed by atoms with Crippen molar-refractivity contribution < 1.29 is 28.2 Å². The van der Waals surface area contributed by atoms with E-state index in [1.807, 2.05) is 30.3 Å². The Bertz CT molecular complexity index is 1360. The fraction of sp³-hybridized carbons (Fsp3) is 0.240. The number of nitrogens with one attached hydrogen (secondary N) is 1. The normalized spacial score (nSPS) is 20.9. The minimum absolute atomic E-state index is 0.0569. The number of fused-ring (bicyclic) bond motifs is 2. The zero-order chi connectivity index (χ0) is 24.7. The lowest BCUT2D eigenvalue weighted by atomic mass is 10.0. The van der Waals surface area contributed by atoms with Gasteiger partial charge in [-0.3, -0.25) is 14.4 Å². The number of rotatable bonds is 5. The predicted octanol–water partition coefficient (Wildman–Crippen LogP) is 1.80. The summed E-state index contributed by atoms with van der Waals surface area (Å²) in [5.41, 5.74) is 0.128. The van der Waals surface area contributed by atoms with Crippen molar-refractivity contribution in [2.75, 3.05) is 0 Å². The van der Waals surface area contributed by atoms with Crippen molar-refractivity contribution in [1.82, 2.24) is 14.8 Å². The van der Waals surface area contributed by atoms with Crippen molar-refractivity contribution in [3.63, 3.8) is 0 Å². The average molecular weight is 481 g/mol. The first-order valence-electron chi connectivity index (χ1n) is 11.0. The number of aliphatic hydroxyl groups is 1. The lowest BCUT2D eigenvalue weighted by Crippen LogP contribution is -2.50. The molecule has 3 heterocycles. The molecule has 10 heteroatoms. The molecular weight excluding hydrogens is 460 g/mol. The molecule has 0 aliphatic carbocycles. The highest BCUT2D eigenvalue weighted by Gasteiger charge is 2.47. The number of amides is 2. The molecule has 2 aliphatic heterocycles. The van der Waals surface area contributed by atoms with Crippen molar-refractivity contribution >= 4 is 11.8 Å². The summed E-state index contributed by atoms with van der Waals surface area (Å²) >= 11 is 0. The largest absolute Gasteiger partial charge is 0.366 e. The number of benzene rings is 2. The molecule has 180 valence electrons. The number of ether oxygens (including phenoxy) is 1. The van der Waals surface area contributed by atoms with E-state index < -0.39 is 47.4 Å². The fourth-order valence-electron chi connectivity index (χ4n) is 4.45. The van der Waals surface area contributed by atoms with Crippen LogP contribution in [0.5, 0.6) is 0 Å². The first-order chi connectivity index (χ1) is 16.8. The summed E-state index contributed by atoms with van der Waals surface area (Å²) in [6, 6.07) is 12.8. The van der Waals surface area contributed by atoms with Crippen LogP contribution in [0, 0.1) is 11.6 Å². The van der Waals surface area contributed by atoms with Gasteiger partial charge >= 0.3 is 0 Å². The number of carbonyl (C=O) groups is 2. The smallest absolute Gasteiger partial charge is 0.273 e. The second-order valence-electron chi connectivity index (χ2n) is 8.46. The maximum absolute atomic E-state index is 13.8. The van der Waals surface area contributed by atoms with Crippen LogP contribution < -0.4 is 10.7 Å². The molecule has 35 heavy (non-hydrogen) atoms. The molecule has 0 saturated carbocycles. The monoisotopic (exact) mass is 481 g/mol. The van der Waals surface area contributed by atoms with Crippen LogP contribution in [0.15, 0.2) is 65.6 Å². The Morgan fingerprint density at radius 3 is 2.63 bits per heavy atom. The molecule has 0 bridgehead atoms. The van der Waals surface area contributed by atoms with Crippen molar-refractivity contribution in [3.8, 4) is 0 Å². The van der Waals surface area contributed by atoms with Crippen LogP contribution in [0.2, 0.25) is 0 Å². The molecule has 1 unspecified atom stereocenters. The van der Waals surface area contributed by atoms with Crippen LogP contribution in [0.3, 0.4) is 0 Å². The number of pyridine rings is 1. The molecule has 2 N–H and O–H groups in total. The molecule has 2 aromatic carbocycles. The number of carbonyl (C=O) groups excluding carboxylic acids is 2. The summed E-state index contributed by atoms with van der Waals surface area (Å²) in [5, 5.41) is 12.9. The van der Waals surface area contributed by atoms with Gasteiger partial charge in [-0.2, -0.15) is 0 Å². The van der Waals surface area contributed by atoms with E-state index >= 15 is 0 Å². The number of aliphatic hydroxyl groups excluding tert-OH is 1. The summed E-state index contributed by atoms with van der Waals surface area (Å²) in [6.07, 6.45) is -0.358.